The standard InChI is InChI=1S/C21H28ClF3N4O2/c22-17-12-15(21(23,24)25)13-27-19(17)29-10-7-14(8-11-29)20(31)26-9-6-18(30)28-16-4-2-1-3-5-16/h12-14,16H,1-11H2,(H,26,31)(H,28,30). The monoisotopic (exact) mass is 460 g/mol. The first-order valence-electron chi connectivity index (χ1n) is 10.8. The molecule has 1 aliphatic heterocycles. The number of nitrogens with zero attached hydrogens (tertiary/aromatic N) is 2. The summed E-state index contributed by atoms with van der Waals surface area (Å²) in [5.74, 6) is -0.0413. The van der Waals surface area contributed by atoms with E-state index in [0.717, 1.165) is 37.9 Å². The maximum absolute atomic E-state index is 12.8. The highest BCUT2D eigenvalue weighted by Crippen LogP contribution is 2.34. The number of carbonyl (C=O) groups excluding carboxylic acids is 2. The fourth-order valence-electron chi connectivity index (χ4n) is 4.16. The van der Waals surface area contributed by atoms with Crippen molar-refractivity contribution in [2.24, 2.45) is 5.92 Å². The Hall–Kier alpha value is -2.03. The Labute approximate surface area is 184 Å². The first-order chi connectivity index (χ1) is 14.7. The van der Waals surface area contributed by atoms with Gasteiger partial charge in [0.1, 0.15) is 5.82 Å². The number of rotatable bonds is 6. The summed E-state index contributed by atoms with van der Waals surface area (Å²) in [6.45, 7) is 1.24. The molecule has 0 aromatic carbocycles. The first-order valence-corrected chi connectivity index (χ1v) is 11.2. The Kier molecular flexibility index (Phi) is 8.02. The summed E-state index contributed by atoms with van der Waals surface area (Å²) in [6, 6.07) is 1.13. The lowest BCUT2D eigenvalue weighted by Crippen LogP contribution is -2.42. The summed E-state index contributed by atoms with van der Waals surface area (Å²) in [6.07, 6.45) is 3.18. The molecule has 1 saturated carbocycles. The minimum Gasteiger partial charge on any atom is -0.355 e. The molecule has 2 amide bonds. The molecule has 2 aliphatic rings. The van der Waals surface area contributed by atoms with E-state index in [1.807, 2.05) is 0 Å². The number of hydrogen-bond acceptors (Lipinski definition) is 4. The third-order valence-corrected chi connectivity index (χ3v) is 6.21. The van der Waals surface area contributed by atoms with Crippen molar-refractivity contribution in [2.75, 3.05) is 24.5 Å². The second kappa shape index (κ2) is 10.5. The molecule has 10 heteroatoms. The Balaban J connectivity index is 1.40. The number of nitrogens with one attached hydrogen (secondary N) is 2. The maximum atomic E-state index is 12.8. The van der Waals surface area contributed by atoms with Crippen LogP contribution in [0.4, 0.5) is 19.0 Å². The number of alkyl halides is 3. The van der Waals surface area contributed by atoms with Gasteiger partial charge in [0.2, 0.25) is 11.8 Å². The van der Waals surface area contributed by atoms with Crippen LogP contribution in [0.1, 0.15) is 56.9 Å². The van der Waals surface area contributed by atoms with Gasteiger partial charge in [0.05, 0.1) is 10.6 Å². The topological polar surface area (TPSA) is 74.3 Å². The van der Waals surface area contributed by atoms with Gasteiger partial charge in [-0.05, 0) is 31.7 Å². The average Bonchev–Trinajstić information content (AvgIpc) is 2.74. The number of carbonyl (C=O) groups is 2. The summed E-state index contributed by atoms with van der Waals surface area (Å²) in [5.41, 5.74) is -0.886. The zero-order chi connectivity index (χ0) is 22.4. The van der Waals surface area contributed by atoms with Crippen LogP contribution in [0.5, 0.6) is 0 Å². The smallest absolute Gasteiger partial charge is 0.355 e. The van der Waals surface area contributed by atoms with Crippen molar-refractivity contribution in [3.63, 3.8) is 0 Å². The molecule has 1 aromatic heterocycles. The maximum Gasteiger partial charge on any atom is 0.417 e. The van der Waals surface area contributed by atoms with Crippen molar-refractivity contribution >= 4 is 29.2 Å². The van der Waals surface area contributed by atoms with Crippen LogP contribution in [-0.2, 0) is 15.8 Å². The van der Waals surface area contributed by atoms with Gasteiger partial charge < -0.3 is 15.5 Å². The molecular formula is C21H28ClF3N4O2. The van der Waals surface area contributed by atoms with Crippen molar-refractivity contribution in [1.82, 2.24) is 15.6 Å². The minimum absolute atomic E-state index is 0.0370. The van der Waals surface area contributed by atoms with Gasteiger partial charge in [-0.15, -0.1) is 0 Å². The molecule has 0 bridgehead atoms. The zero-order valence-corrected chi connectivity index (χ0v) is 18.1. The van der Waals surface area contributed by atoms with E-state index in [9.17, 15) is 22.8 Å². The predicted molar refractivity (Wildman–Crippen MR) is 112 cm³/mol. The fourth-order valence-corrected chi connectivity index (χ4v) is 4.45. The summed E-state index contributed by atoms with van der Waals surface area (Å²) in [7, 11) is 0. The molecule has 31 heavy (non-hydrogen) atoms. The van der Waals surface area contributed by atoms with Crippen molar-refractivity contribution in [3.05, 3.63) is 22.8 Å². The van der Waals surface area contributed by atoms with Gasteiger partial charge in [-0.25, -0.2) is 4.98 Å². The van der Waals surface area contributed by atoms with Crippen LogP contribution in [-0.4, -0.2) is 42.5 Å². The van der Waals surface area contributed by atoms with Gasteiger partial charge in [-0.3, -0.25) is 9.59 Å². The van der Waals surface area contributed by atoms with E-state index in [0.29, 0.717) is 38.3 Å². The molecular weight excluding hydrogens is 433 g/mol. The molecule has 172 valence electrons. The Morgan fingerprint density at radius 2 is 1.81 bits per heavy atom. The van der Waals surface area contributed by atoms with E-state index in [1.165, 1.54) is 6.42 Å². The molecule has 2 N–H and O–H groups in total. The SMILES string of the molecule is O=C(CCNC(=O)C1CCN(c2ncc(C(F)(F)F)cc2Cl)CC1)NC1CCCCC1. The van der Waals surface area contributed by atoms with Crippen LogP contribution in [0, 0.1) is 5.92 Å². The zero-order valence-electron chi connectivity index (χ0n) is 17.3. The van der Waals surface area contributed by atoms with E-state index in [-0.39, 0.29) is 35.2 Å². The van der Waals surface area contributed by atoms with Gasteiger partial charge in [0.25, 0.3) is 0 Å². The van der Waals surface area contributed by atoms with E-state index in [4.69, 9.17) is 11.6 Å². The van der Waals surface area contributed by atoms with Crippen molar-refractivity contribution < 1.29 is 22.8 Å². The average molecular weight is 461 g/mol. The highest BCUT2D eigenvalue weighted by Gasteiger charge is 2.33. The van der Waals surface area contributed by atoms with E-state index >= 15 is 0 Å². The molecule has 3 rings (SSSR count). The fraction of sp³-hybridized carbons (Fsp3) is 0.667. The van der Waals surface area contributed by atoms with Crippen molar-refractivity contribution in [2.45, 2.75) is 63.6 Å². The number of amides is 2. The highest BCUT2D eigenvalue weighted by atomic mass is 35.5. The molecule has 0 atom stereocenters. The molecule has 2 fully saturated rings. The summed E-state index contributed by atoms with van der Waals surface area (Å²) in [5, 5.41) is 5.80. The summed E-state index contributed by atoms with van der Waals surface area (Å²) < 4.78 is 38.3. The number of anilines is 1. The quantitative estimate of drug-likeness (QED) is 0.674. The van der Waals surface area contributed by atoms with Crippen LogP contribution < -0.4 is 15.5 Å². The normalized spacial score (nSPS) is 18.6. The van der Waals surface area contributed by atoms with Gasteiger partial charge >= 0.3 is 6.18 Å². The van der Waals surface area contributed by atoms with Crippen molar-refractivity contribution in [1.29, 1.82) is 0 Å². The lowest BCUT2D eigenvalue weighted by atomic mass is 9.95. The molecule has 1 aliphatic carbocycles. The van der Waals surface area contributed by atoms with E-state index in [2.05, 4.69) is 15.6 Å². The number of pyridine rings is 1. The lowest BCUT2D eigenvalue weighted by molar-refractivity contribution is -0.137. The molecule has 0 radical (unpaired) electrons. The van der Waals surface area contributed by atoms with Crippen LogP contribution in [0.2, 0.25) is 5.02 Å². The Morgan fingerprint density at radius 3 is 2.42 bits per heavy atom. The molecule has 1 aromatic rings. The lowest BCUT2D eigenvalue weighted by Gasteiger charge is -2.32. The van der Waals surface area contributed by atoms with Crippen LogP contribution in [0.25, 0.3) is 0 Å². The Bertz CT molecular complexity index is 776. The van der Waals surface area contributed by atoms with Crippen LogP contribution in [0.15, 0.2) is 12.3 Å². The largest absolute Gasteiger partial charge is 0.417 e. The van der Waals surface area contributed by atoms with Crippen LogP contribution in [0.3, 0.4) is 0 Å². The van der Waals surface area contributed by atoms with Gasteiger partial charge in [0, 0.05) is 44.2 Å². The number of hydrogen-bond donors (Lipinski definition) is 2. The van der Waals surface area contributed by atoms with Crippen LogP contribution >= 0.6 is 11.6 Å². The number of aromatic nitrogens is 1. The first kappa shape index (κ1) is 23.6. The molecule has 2 heterocycles. The predicted octanol–water partition coefficient (Wildman–Crippen LogP) is 3.93. The molecule has 6 nitrogen and oxygen atoms in total. The minimum atomic E-state index is -4.49. The number of halogens is 4. The highest BCUT2D eigenvalue weighted by molar-refractivity contribution is 6.33. The summed E-state index contributed by atoms with van der Waals surface area (Å²) >= 11 is 6.01. The van der Waals surface area contributed by atoms with E-state index < -0.39 is 11.7 Å². The third kappa shape index (κ3) is 6.72. The molecule has 0 spiro atoms. The number of piperidine rings is 1. The summed E-state index contributed by atoms with van der Waals surface area (Å²) in [4.78, 5) is 30.1. The third-order valence-electron chi connectivity index (χ3n) is 5.94. The van der Waals surface area contributed by atoms with E-state index in [1.54, 1.807) is 4.90 Å². The Morgan fingerprint density at radius 1 is 1.13 bits per heavy atom. The van der Waals surface area contributed by atoms with Crippen molar-refractivity contribution in [3.8, 4) is 0 Å². The second-order valence-electron chi connectivity index (χ2n) is 8.23. The molecule has 1 saturated heterocycles. The molecule has 0 unspecified atom stereocenters. The second-order valence-corrected chi connectivity index (χ2v) is 8.64. The van der Waals surface area contributed by atoms with Gasteiger partial charge in [-0.2, -0.15) is 13.2 Å². The van der Waals surface area contributed by atoms with Gasteiger partial charge in [-0.1, -0.05) is 30.9 Å². The van der Waals surface area contributed by atoms with Gasteiger partial charge in [0.15, 0.2) is 0 Å².